The second-order valence-electron chi connectivity index (χ2n) is 4.58. The van der Waals surface area contributed by atoms with Crippen LogP contribution >= 0.6 is 15.9 Å². The highest BCUT2D eigenvalue weighted by molar-refractivity contribution is 9.10. The molecular formula is C13H18BrNO2. The molecule has 1 unspecified atom stereocenters. The highest BCUT2D eigenvalue weighted by atomic mass is 79.9. The number of carboxylic acid groups (broad SMARTS) is 1. The van der Waals surface area contributed by atoms with Crippen LogP contribution in [0.2, 0.25) is 0 Å². The van der Waals surface area contributed by atoms with Crippen LogP contribution in [0.1, 0.15) is 31.0 Å². The zero-order chi connectivity index (χ0) is 13.0. The van der Waals surface area contributed by atoms with Crippen molar-refractivity contribution >= 4 is 21.9 Å². The lowest BCUT2D eigenvalue weighted by molar-refractivity contribution is -0.139. The van der Waals surface area contributed by atoms with Gasteiger partial charge in [-0.1, -0.05) is 41.9 Å². The third-order valence-corrected chi connectivity index (χ3v) is 3.38. The minimum absolute atomic E-state index is 0.424. The van der Waals surface area contributed by atoms with Gasteiger partial charge in [0.05, 0.1) is 0 Å². The lowest BCUT2D eigenvalue weighted by Crippen LogP contribution is -2.31. The molecule has 3 nitrogen and oxygen atoms in total. The van der Waals surface area contributed by atoms with E-state index in [2.05, 4.69) is 35.1 Å². The van der Waals surface area contributed by atoms with E-state index in [1.807, 2.05) is 25.1 Å². The lowest BCUT2D eigenvalue weighted by Gasteiger charge is -2.17. The van der Waals surface area contributed by atoms with Crippen molar-refractivity contribution in [1.29, 1.82) is 0 Å². The van der Waals surface area contributed by atoms with Crippen LogP contribution in [0.3, 0.4) is 0 Å². The van der Waals surface area contributed by atoms with Gasteiger partial charge in [-0.3, -0.25) is 4.79 Å². The Balaban J connectivity index is 2.89. The fraction of sp³-hybridized carbons (Fsp3) is 0.462. The van der Waals surface area contributed by atoms with Crippen molar-refractivity contribution in [2.24, 2.45) is 5.92 Å². The minimum atomic E-state index is -0.840. The first kappa shape index (κ1) is 14.2. The molecule has 4 heteroatoms. The summed E-state index contributed by atoms with van der Waals surface area (Å²) < 4.78 is 0.995. The fourth-order valence-corrected chi connectivity index (χ4v) is 1.80. The molecule has 2 N–H and O–H groups in total. The van der Waals surface area contributed by atoms with Crippen LogP contribution in [0.4, 0.5) is 0 Å². The average Bonchev–Trinajstić information content (AvgIpc) is 2.22. The first-order chi connectivity index (χ1) is 7.91. The standard InChI is InChI=1S/C13H18BrNO2/c1-8(2)7-15-12(13(16)17)10-4-5-11(14)9(3)6-10/h4-6,8,12,15H,7H2,1-3H3,(H,16,17). The molecule has 0 saturated carbocycles. The molecule has 0 radical (unpaired) electrons. The summed E-state index contributed by atoms with van der Waals surface area (Å²) in [5, 5.41) is 12.3. The third kappa shape index (κ3) is 4.13. The van der Waals surface area contributed by atoms with Gasteiger partial charge >= 0.3 is 5.97 Å². The molecule has 0 saturated heterocycles. The highest BCUT2D eigenvalue weighted by Gasteiger charge is 2.19. The van der Waals surface area contributed by atoms with Gasteiger partial charge < -0.3 is 10.4 Å². The van der Waals surface area contributed by atoms with Crippen molar-refractivity contribution in [2.45, 2.75) is 26.8 Å². The van der Waals surface area contributed by atoms with Crippen LogP contribution in [-0.2, 0) is 4.79 Å². The summed E-state index contributed by atoms with van der Waals surface area (Å²) in [6, 6.07) is 4.99. The van der Waals surface area contributed by atoms with Gasteiger partial charge in [0.1, 0.15) is 6.04 Å². The summed E-state index contributed by atoms with van der Waals surface area (Å²) in [6.45, 7) is 6.75. The van der Waals surface area contributed by atoms with Crippen LogP contribution in [0.25, 0.3) is 0 Å². The summed E-state index contributed by atoms with van der Waals surface area (Å²) in [4.78, 5) is 11.2. The normalized spacial score (nSPS) is 12.8. The molecule has 0 fully saturated rings. The van der Waals surface area contributed by atoms with E-state index in [-0.39, 0.29) is 0 Å². The smallest absolute Gasteiger partial charge is 0.325 e. The van der Waals surface area contributed by atoms with E-state index < -0.39 is 12.0 Å². The second kappa shape index (κ2) is 6.17. The number of carbonyl (C=O) groups is 1. The first-order valence-electron chi connectivity index (χ1n) is 5.64. The third-order valence-electron chi connectivity index (χ3n) is 2.49. The molecule has 1 aromatic rings. The van der Waals surface area contributed by atoms with Crippen molar-refractivity contribution in [1.82, 2.24) is 5.32 Å². The zero-order valence-corrected chi connectivity index (χ0v) is 11.9. The van der Waals surface area contributed by atoms with Crippen LogP contribution in [0.15, 0.2) is 22.7 Å². The maximum atomic E-state index is 11.2. The summed E-state index contributed by atoms with van der Waals surface area (Å²) in [7, 11) is 0. The van der Waals surface area contributed by atoms with Gasteiger partial charge in [-0.05, 0) is 36.6 Å². The second-order valence-corrected chi connectivity index (χ2v) is 5.44. The molecule has 1 atom stereocenters. The fourth-order valence-electron chi connectivity index (χ4n) is 1.55. The van der Waals surface area contributed by atoms with Crippen LogP contribution in [-0.4, -0.2) is 17.6 Å². The topological polar surface area (TPSA) is 49.3 Å². The quantitative estimate of drug-likeness (QED) is 0.878. The maximum Gasteiger partial charge on any atom is 0.325 e. The average molecular weight is 300 g/mol. The Morgan fingerprint density at radius 3 is 2.59 bits per heavy atom. The van der Waals surface area contributed by atoms with Gasteiger partial charge in [-0.15, -0.1) is 0 Å². The lowest BCUT2D eigenvalue weighted by atomic mass is 10.0. The Bertz CT molecular complexity index is 404. The van der Waals surface area contributed by atoms with Crippen LogP contribution < -0.4 is 5.32 Å². The van der Waals surface area contributed by atoms with E-state index >= 15 is 0 Å². The van der Waals surface area contributed by atoms with Crippen LogP contribution in [0, 0.1) is 12.8 Å². The molecule has 0 aliphatic heterocycles. The molecule has 94 valence electrons. The Labute approximate surface area is 110 Å². The van der Waals surface area contributed by atoms with Gasteiger partial charge in [-0.25, -0.2) is 0 Å². The van der Waals surface area contributed by atoms with Gasteiger partial charge in [0.25, 0.3) is 0 Å². The van der Waals surface area contributed by atoms with Gasteiger partial charge in [0, 0.05) is 4.47 Å². The van der Waals surface area contributed by atoms with Crippen molar-refractivity contribution < 1.29 is 9.90 Å². The molecule has 0 heterocycles. The number of carboxylic acids is 1. The first-order valence-corrected chi connectivity index (χ1v) is 6.43. The Kier molecular flexibility index (Phi) is 5.15. The number of aliphatic carboxylic acids is 1. The van der Waals surface area contributed by atoms with E-state index in [1.54, 1.807) is 0 Å². The number of rotatable bonds is 5. The number of hydrogen-bond acceptors (Lipinski definition) is 2. The van der Waals surface area contributed by atoms with E-state index in [4.69, 9.17) is 0 Å². The van der Waals surface area contributed by atoms with E-state index in [1.165, 1.54) is 0 Å². The van der Waals surface area contributed by atoms with Crippen molar-refractivity contribution in [3.63, 3.8) is 0 Å². The molecule has 0 amide bonds. The number of aryl methyl sites for hydroxylation is 1. The summed E-state index contributed by atoms with van der Waals surface area (Å²) in [6.07, 6.45) is 0. The van der Waals surface area contributed by atoms with Gasteiger partial charge in [-0.2, -0.15) is 0 Å². The van der Waals surface area contributed by atoms with E-state index in [0.717, 1.165) is 15.6 Å². The number of halogens is 1. The molecule has 0 bridgehead atoms. The predicted octanol–water partition coefficient (Wildman–Crippen LogP) is 3.13. The van der Waals surface area contributed by atoms with E-state index in [9.17, 15) is 9.90 Å². The summed E-state index contributed by atoms with van der Waals surface area (Å²) in [5.41, 5.74) is 1.83. The van der Waals surface area contributed by atoms with Crippen molar-refractivity contribution in [3.8, 4) is 0 Å². The number of nitrogens with one attached hydrogen (secondary N) is 1. The summed E-state index contributed by atoms with van der Waals surface area (Å²) >= 11 is 3.41. The maximum absolute atomic E-state index is 11.2. The SMILES string of the molecule is Cc1cc(C(NCC(C)C)C(=O)O)ccc1Br. The number of benzene rings is 1. The number of hydrogen-bond donors (Lipinski definition) is 2. The van der Waals surface area contributed by atoms with Gasteiger partial charge in [0.2, 0.25) is 0 Å². The van der Waals surface area contributed by atoms with Gasteiger partial charge in [0.15, 0.2) is 0 Å². The van der Waals surface area contributed by atoms with Crippen LogP contribution in [0.5, 0.6) is 0 Å². The van der Waals surface area contributed by atoms with Crippen molar-refractivity contribution in [2.75, 3.05) is 6.54 Å². The monoisotopic (exact) mass is 299 g/mol. The molecule has 1 rings (SSSR count). The zero-order valence-electron chi connectivity index (χ0n) is 10.3. The summed E-state index contributed by atoms with van der Waals surface area (Å²) in [5.74, 6) is -0.416. The Hall–Kier alpha value is -0.870. The molecule has 17 heavy (non-hydrogen) atoms. The van der Waals surface area contributed by atoms with Crippen molar-refractivity contribution in [3.05, 3.63) is 33.8 Å². The minimum Gasteiger partial charge on any atom is -0.480 e. The Morgan fingerprint density at radius 2 is 2.12 bits per heavy atom. The Morgan fingerprint density at radius 1 is 1.47 bits per heavy atom. The molecule has 0 aliphatic rings. The molecular weight excluding hydrogens is 282 g/mol. The largest absolute Gasteiger partial charge is 0.480 e. The molecule has 1 aromatic carbocycles. The molecule has 0 spiro atoms. The van der Waals surface area contributed by atoms with E-state index in [0.29, 0.717) is 12.5 Å². The molecule has 0 aliphatic carbocycles. The molecule has 0 aromatic heterocycles. The highest BCUT2D eigenvalue weighted by Crippen LogP contribution is 2.21. The predicted molar refractivity (Wildman–Crippen MR) is 72.1 cm³/mol.